The van der Waals surface area contributed by atoms with E-state index < -0.39 is 0 Å². The van der Waals surface area contributed by atoms with E-state index in [-0.39, 0.29) is 5.91 Å². The molecule has 1 amide bonds. The normalized spacial score (nSPS) is 28.0. The Morgan fingerprint density at radius 2 is 2.24 bits per heavy atom. The van der Waals surface area contributed by atoms with Crippen LogP contribution in [0, 0.1) is 12.8 Å². The SMILES string of the molecule is Cc1cc2cc(C(=O)N[C@@H]3C[C@H]4CCN(C4)C3)ccc2o1. The summed E-state index contributed by atoms with van der Waals surface area (Å²) in [5, 5.41) is 4.19. The van der Waals surface area contributed by atoms with E-state index in [2.05, 4.69) is 10.2 Å². The maximum absolute atomic E-state index is 12.4. The van der Waals surface area contributed by atoms with Gasteiger partial charge in [0, 0.05) is 30.1 Å². The van der Waals surface area contributed by atoms with Gasteiger partial charge in [0.05, 0.1) is 0 Å². The standard InChI is InChI=1S/C17H20N2O2/c1-11-6-14-8-13(2-3-16(14)21-11)17(20)18-15-7-12-4-5-19(9-12)10-15/h2-3,6,8,12,15H,4-5,7,9-10H2,1H3,(H,18,20)/t12-,15-/m1/s1. The van der Waals surface area contributed by atoms with Crippen LogP contribution >= 0.6 is 0 Å². The summed E-state index contributed by atoms with van der Waals surface area (Å²) < 4.78 is 5.55. The summed E-state index contributed by atoms with van der Waals surface area (Å²) in [6.45, 7) is 5.32. The molecule has 0 radical (unpaired) electrons. The van der Waals surface area contributed by atoms with Gasteiger partial charge in [-0.25, -0.2) is 0 Å². The number of carbonyl (C=O) groups is 1. The number of nitrogens with one attached hydrogen (secondary N) is 1. The summed E-state index contributed by atoms with van der Waals surface area (Å²) in [6.07, 6.45) is 2.40. The number of hydrogen-bond donors (Lipinski definition) is 1. The van der Waals surface area contributed by atoms with Crippen LogP contribution in [0.5, 0.6) is 0 Å². The molecular formula is C17H20N2O2. The van der Waals surface area contributed by atoms with Gasteiger partial charge in [0.25, 0.3) is 5.91 Å². The molecular weight excluding hydrogens is 264 g/mol. The summed E-state index contributed by atoms with van der Waals surface area (Å²) in [6, 6.07) is 7.90. The molecule has 3 heterocycles. The summed E-state index contributed by atoms with van der Waals surface area (Å²) in [4.78, 5) is 14.9. The lowest BCUT2D eigenvalue weighted by atomic mass is 9.96. The second-order valence-corrected chi connectivity index (χ2v) is 6.43. The van der Waals surface area contributed by atoms with Crippen LogP contribution < -0.4 is 5.32 Å². The molecule has 1 aromatic heterocycles. The van der Waals surface area contributed by atoms with Gasteiger partial charge in [0.1, 0.15) is 11.3 Å². The lowest BCUT2D eigenvalue weighted by Crippen LogP contribution is -2.47. The third-order valence-corrected chi connectivity index (χ3v) is 4.70. The minimum atomic E-state index is 0.0308. The van der Waals surface area contributed by atoms with Crippen molar-refractivity contribution in [2.45, 2.75) is 25.8 Å². The number of nitrogens with zero attached hydrogens (tertiary/aromatic N) is 1. The number of amides is 1. The van der Waals surface area contributed by atoms with Crippen molar-refractivity contribution in [1.29, 1.82) is 0 Å². The van der Waals surface area contributed by atoms with E-state index in [9.17, 15) is 4.79 Å². The first kappa shape index (κ1) is 12.9. The summed E-state index contributed by atoms with van der Waals surface area (Å²) in [7, 11) is 0. The monoisotopic (exact) mass is 284 g/mol. The van der Waals surface area contributed by atoms with Crippen molar-refractivity contribution in [3.05, 3.63) is 35.6 Å². The third kappa shape index (κ3) is 2.44. The molecule has 1 unspecified atom stereocenters. The van der Waals surface area contributed by atoms with Crippen LogP contribution in [0.15, 0.2) is 28.7 Å². The van der Waals surface area contributed by atoms with Crippen molar-refractivity contribution in [2.24, 2.45) is 5.92 Å². The molecule has 1 aromatic carbocycles. The van der Waals surface area contributed by atoms with E-state index >= 15 is 0 Å². The van der Waals surface area contributed by atoms with Crippen LogP contribution in [0.4, 0.5) is 0 Å². The predicted molar refractivity (Wildman–Crippen MR) is 81.4 cm³/mol. The Kier molecular flexibility index (Phi) is 3.00. The highest BCUT2D eigenvalue weighted by atomic mass is 16.3. The van der Waals surface area contributed by atoms with Crippen molar-refractivity contribution >= 4 is 16.9 Å². The molecule has 2 aliphatic rings. The number of benzene rings is 1. The largest absolute Gasteiger partial charge is 0.461 e. The maximum Gasteiger partial charge on any atom is 0.251 e. The highest BCUT2D eigenvalue weighted by Gasteiger charge is 2.32. The van der Waals surface area contributed by atoms with Crippen LogP contribution in [0.25, 0.3) is 11.0 Å². The van der Waals surface area contributed by atoms with Gasteiger partial charge in [-0.2, -0.15) is 0 Å². The fourth-order valence-electron chi connectivity index (χ4n) is 3.75. The zero-order valence-corrected chi connectivity index (χ0v) is 12.3. The van der Waals surface area contributed by atoms with Crippen molar-refractivity contribution in [3.8, 4) is 0 Å². The van der Waals surface area contributed by atoms with Crippen molar-refractivity contribution in [1.82, 2.24) is 10.2 Å². The maximum atomic E-state index is 12.4. The molecule has 0 aliphatic carbocycles. The molecule has 1 N–H and O–H groups in total. The molecule has 4 heteroatoms. The molecule has 21 heavy (non-hydrogen) atoms. The number of aryl methyl sites for hydroxylation is 1. The van der Waals surface area contributed by atoms with Crippen molar-refractivity contribution < 1.29 is 9.21 Å². The minimum absolute atomic E-state index is 0.0308. The molecule has 3 atom stereocenters. The number of hydrogen-bond acceptors (Lipinski definition) is 3. The Morgan fingerprint density at radius 1 is 1.33 bits per heavy atom. The Morgan fingerprint density at radius 3 is 3.10 bits per heavy atom. The Bertz CT molecular complexity index is 679. The molecule has 0 saturated carbocycles. The van der Waals surface area contributed by atoms with Crippen LogP contribution in [-0.2, 0) is 0 Å². The molecule has 2 bridgehead atoms. The lowest BCUT2D eigenvalue weighted by molar-refractivity contribution is 0.0909. The molecule has 2 fully saturated rings. The predicted octanol–water partition coefficient (Wildman–Crippen LogP) is 2.57. The Hall–Kier alpha value is -1.81. The number of piperidine rings is 1. The Labute approximate surface area is 124 Å². The molecule has 4 rings (SSSR count). The van der Waals surface area contributed by atoms with E-state index in [1.54, 1.807) is 0 Å². The molecule has 2 aromatic rings. The van der Waals surface area contributed by atoms with Crippen LogP contribution in [0.3, 0.4) is 0 Å². The van der Waals surface area contributed by atoms with Gasteiger partial charge >= 0.3 is 0 Å². The number of furan rings is 1. The van der Waals surface area contributed by atoms with Crippen molar-refractivity contribution in [2.75, 3.05) is 19.6 Å². The highest BCUT2D eigenvalue weighted by molar-refractivity contribution is 5.98. The zero-order chi connectivity index (χ0) is 14.4. The van der Waals surface area contributed by atoms with Gasteiger partial charge in [-0.3, -0.25) is 4.79 Å². The van der Waals surface area contributed by atoms with Gasteiger partial charge < -0.3 is 14.6 Å². The number of carbonyl (C=O) groups excluding carboxylic acids is 1. The van der Waals surface area contributed by atoms with E-state index in [4.69, 9.17) is 4.42 Å². The molecule has 2 saturated heterocycles. The van der Waals surface area contributed by atoms with Gasteiger partial charge in [-0.1, -0.05) is 0 Å². The lowest BCUT2D eigenvalue weighted by Gasteiger charge is -2.30. The summed E-state index contributed by atoms with van der Waals surface area (Å²) >= 11 is 0. The van der Waals surface area contributed by atoms with Gasteiger partial charge in [-0.05, 0) is 56.5 Å². The van der Waals surface area contributed by atoms with Gasteiger partial charge in [0.2, 0.25) is 0 Å². The summed E-state index contributed by atoms with van der Waals surface area (Å²) in [5.74, 6) is 1.67. The van der Waals surface area contributed by atoms with E-state index in [0.717, 1.165) is 41.2 Å². The third-order valence-electron chi connectivity index (χ3n) is 4.70. The quantitative estimate of drug-likeness (QED) is 0.922. The fourth-order valence-corrected chi connectivity index (χ4v) is 3.75. The second-order valence-electron chi connectivity index (χ2n) is 6.43. The topological polar surface area (TPSA) is 45.5 Å². The smallest absolute Gasteiger partial charge is 0.251 e. The molecule has 4 nitrogen and oxygen atoms in total. The first-order valence-electron chi connectivity index (χ1n) is 7.71. The second kappa shape index (κ2) is 4.88. The van der Waals surface area contributed by atoms with E-state index in [0.29, 0.717) is 6.04 Å². The first-order chi connectivity index (χ1) is 10.2. The molecule has 2 aliphatic heterocycles. The van der Waals surface area contributed by atoms with Crippen LogP contribution in [-0.4, -0.2) is 36.5 Å². The zero-order valence-electron chi connectivity index (χ0n) is 12.3. The minimum Gasteiger partial charge on any atom is -0.461 e. The van der Waals surface area contributed by atoms with E-state index in [1.165, 1.54) is 19.5 Å². The van der Waals surface area contributed by atoms with Crippen LogP contribution in [0.2, 0.25) is 0 Å². The molecule has 110 valence electrons. The number of fused-ring (bicyclic) bond motifs is 3. The van der Waals surface area contributed by atoms with Gasteiger partial charge in [0.15, 0.2) is 0 Å². The molecule has 0 spiro atoms. The summed E-state index contributed by atoms with van der Waals surface area (Å²) in [5.41, 5.74) is 1.56. The first-order valence-corrected chi connectivity index (χ1v) is 7.71. The fraction of sp³-hybridized carbons (Fsp3) is 0.471. The number of rotatable bonds is 2. The highest BCUT2D eigenvalue weighted by Crippen LogP contribution is 2.27. The average Bonchev–Trinajstić information content (AvgIpc) is 2.99. The average molecular weight is 284 g/mol. The van der Waals surface area contributed by atoms with Gasteiger partial charge in [-0.15, -0.1) is 0 Å². The van der Waals surface area contributed by atoms with Crippen molar-refractivity contribution in [3.63, 3.8) is 0 Å². The van der Waals surface area contributed by atoms with Crippen LogP contribution in [0.1, 0.15) is 29.0 Å². The Balaban J connectivity index is 1.50. The van der Waals surface area contributed by atoms with E-state index in [1.807, 2.05) is 31.2 Å².